The maximum absolute atomic E-state index is 13.0. The molecule has 2 aromatic rings. The fourth-order valence-corrected chi connectivity index (χ4v) is 4.13. The van der Waals surface area contributed by atoms with Crippen molar-refractivity contribution in [2.45, 2.75) is 45.5 Å². The van der Waals surface area contributed by atoms with Gasteiger partial charge in [0, 0.05) is 23.9 Å². The second-order valence-corrected chi connectivity index (χ2v) is 8.45. The van der Waals surface area contributed by atoms with E-state index >= 15 is 0 Å². The molecule has 4 nitrogen and oxygen atoms in total. The third-order valence-electron chi connectivity index (χ3n) is 4.59. The molecule has 1 atom stereocenters. The van der Waals surface area contributed by atoms with E-state index in [0.29, 0.717) is 29.6 Å². The van der Waals surface area contributed by atoms with Crippen LogP contribution in [0.15, 0.2) is 48.5 Å². The lowest BCUT2D eigenvalue weighted by molar-refractivity contribution is -0.138. The summed E-state index contributed by atoms with van der Waals surface area (Å²) in [5, 5.41) is 3.60. The van der Waals surface area contributed by atoms with Gasteiger partial charge in [0.2, 0.25) is 11.8 Å². The molecule has 2 rings (SSSR count). The van der Waals surface area contributed by atoms with Crippen LogP contribution < -0.4 is 5.32 Å². The summed E-state index contributed by atoms with van der Waals surface area (Å²) in [7, 11) is 0. The number of nitrogens with zero attached hydrogens (tertiary/aromatic N) is 1. The van der Waals surface area contributed by atoms with E-state index in [9.17, 15) is 9.59 Å². The minimum Gasteiger partial charge on any atom is -0.354 e. The lowest BCUT2D eigenvalue weighted by Crippen LogP contribution is -2.48. The summed E-state index contributed by atoms with van der Waals surface area (Å²) in [6.45, 7) is 6.83. The van der Waals surface area contributed by atoms with Gasteiger partial charge in [0.25, 0.3) is 0 Å². The molecule has 29 heavy (non-hydrogen) atoms. The van der Waals surface area contributed by atoms with Gasteiger partial charge in [-0.2, -0.15) is 0 Å². The Kier molecular flexibility index (Phi) is 9.55. The van der Waals surface area contributed by atoms with Crippen LogP contribution in [0.1, 0.15) is 37.0 Å². The van der Waals surface area contributed by atoms with E-state index < -0.39 is 6.04 Å². The molecule has 0 unspecified atom stereocenters. The molecule has 0 aliphatic heterocycles. The Labute approximate surface area is 183 Å². The van der Waals surface area contributed by atoms with Crippen LogP contribution in [0.4, 0.5) is 0 Å². The van der Waals surface area contributed by atoms with E-state index in [-0.39, 0.29) is 11.8 Å². The number of aryl methyl sites for hydroxylation is 1. The Morgan fingerprint density at radius 3 is 2.62 bits per heavy atom. The van der Waals surface area contributed by atoms with Gasteiger partial charge in [-0.3, -0.25) is 9.59 Å². The first-order chi connectivity index (χ1) is 13.9. The summed E-state index contributed by atoms with van der Waals surface area (Å²) < 4.78 is 0. The van der Waals surface area contributed by atoms with Gasteiger partial charge in [-0.15, -0.1) is 11.8 Å². The molecular weight excluding hydrogens is 404 g/mol. The predicted molar refractivity (Wildman–Crippen MR) is 122 cm³/mol. The Morgan fingerprint density at radius 2 is 1.93 bits per heavy atom. The number of carbonyl (C=O) groups excluding carboxylic acids is 2. The standard InChI is InChI=1S/C23H29ClN2O2S/c1-4-12-25-23(28)18(3)26(14-19-9-7-8-17(2)13-19)22(27)16-29-15-20-10-5-6-11-21(20)24/h5-11,13,18H,4,12,14-16H2,1-3H3,(H,25,28)/t18-/m0/s1. The largest absolute Gasteiger partial charge is 0.354 e. The van der Waals surface area contributed by atoms with Gasteiger partial charge >= 0.3 is 0 Å². The Bertz CT molecular complexity index is 828. The summed E-state index contributed by atoms with van der Waals surface area (Å²) in [4.78, 5) is 27.2. The van der Waals surface area contributed by atoms with Crippen LogP contribution in [0, 0.1) is 6.92 Å². The quantitative estimate of drug-likeness (QED) is 0.585. The first kappa shape index (κ1) is 23.3. The maximum atomic E-state index is 13.0. The van der Waals surface area contributed by atoms with Crippen molar-refractivity contribution in [3.63, 3.8) is 0 Å². The molecule has 0 saturated carbocycles. The second kappa shape index (κ2) is 11.9. The average molecular weight is 433 g/mol. The molecular formula is C23H29ClN2O2S. The smallest absolute Gasteiger partial charge is 0.242 e. The molecule has 2 amide bonds. The predicted octanol–water partition coefficient (Wildman–Crippen LogP) is 4.83. The number of halogens is 1. The summed E-state index contributed by atoms with van der Waals surface area (Å²) in [6.07, 6.45) is 0.859. The van der Waals surface area contributed by atoms with E-state index in [1.165, 1.54) is 11.8 Å². The zero-order chi connectivity index (χ0) is 21.2. The monoisotopic (exact) mass is 432 g/mol. The third kappa shape index (κ3) is 7.41. The second-order valence-electron chi connectivity index (χ2n) is 7.06. The summed E-state index contributed by atoms with van der Waals surface area (Å²) in [5.74, 6) is 0.773. The maximum Gasteiger partial charge on any atom is 0.242 e. The van der Waals surface area contributed by atoms with Crippen molar-refractivity contribution in [3.05, 3.63) is 70.2 Å². The highest BCUT2D eigenvalue weighted by atomic mass is 35.5. The van der Waals surface area contributed by atoms with Crippen LogP contribution in [0.5, 0.6) is 0 Å². The van der Waals surface area contributed by atoms with E-state index in [0.717, 1.165) is 23.1 Å². The van der Waals surface area contributed by atoms with Gasteiger partial charge in [-0.1, -0.05) is 66.6 Å². The van der Waals surface area contributed by atoms with E-state index in [4.69, 9.17) is 11.6 Å². The number of benzene rings is 2. The molecule has 156 valence electrons. The molecule has 0 fully saturated rings. The van der Waals surface area contributed by atoms with Gasteiger partial charge in [0.05, 0.1) is 5.75 Å². The average Bonchev–Trinajstić information content (AvgIpc) is 2.71. The van der Waals surface area contributed by atoms with Crippen molar-refractivity contribution in [3.8, 4) is 0 Å². The number of carbonyl (C=O) groups is 2. The SMILES string of the molecule is CCCNC(=O)[C@H](C)N(Cc1cccc(C)c1)C(=O)CSCc1ccccc1Cl. The molecule has 0 radical (unpaired) electrons. The molecule has 0 aliphatic rings. The van der Waals surface area contributed by atoms with Gasteiger partial charge in [-0.25, -0.2) is 0 Å². The lowest BCUT2D eigenvalue weighted by Gasteiger charge is -2.29. The van der Waals surface area contributed by atoms with Gasteiger partial charge < -0.3 is 10.2 Å². The van der Waals surface area contributed by atoms with E-state index in [2.05, 4.69) is 5.32 Å². The third-order valence-corrected chi connectivity index (χ3v) is 5.93. The number of amides is 2. The number of hydrogen-bond donors (Lipinski definition) is 1. The molecule has 1 N–H and O–H groups in total. The summed E-state index contributed by atoms with van der Waals surface area (Å²) >= 11 is 7.71. The molecule has 2 aromatic carbocycles. The van der Waals surface area contributed by atoms with Crippen molar-refractivity contribution in [2.24, 2.45) is 0 Å². The highest BCUT2D eigenvalue weighted by Crippen LogP contribution is 2.21. The summed E-state index contributed by atoms with van der Waals surface area (Å²) in [6, 6.07) is 15.1. The highest BCUT2D eigenvalue weighted by Gasteiger charge is 2.25. The first-order valence-corrected chi connectivity index (χ1v) is 11.4. The Hall–Kier alpha value is -1.98. The van der Waals surface area contributed by atoms with Crippen molar-refractivity contribution < 1.29 is 9.59 Å². The topological polar surface area (TPSA) is 49.4 Å². The van der Waals surface area contributed by atoms with Crippen LogP contribution in [0.2, 0.25) is 5.02 Å². The number of hydrogen-bond acceptors (Lipinski definition) is 3. The lowest BCUT2D eigenvalue weighted by atomic mass is 10.1. The van der Waals surface area contributed by atoms with Crippen LogP contribution in [-0.2, 0) is 21.9 Å². The van der Waals surface area contributed by atoms with Crippen molar-refractivity contribution in [2.75, 3.05) is 12.3 Å². The van der Waals surface area contributed by atoms with Gasteiger partial charge in [0.1, 0.15) is 6.04 Å². The Balaban J connectivity index is 2.07. The molecule has 6 heteroatoms. The minimum absolute atomic E-state index is 0.0530. The number of rotatable bonds is 10. The normalized spacial score (nSPS) is 11.7. The number of thioether (sulfide) groups is 1. The van der Waals surface area contributed by atoms with E-state index in [1.807, 2.05) is 62.4 Å². The fraction of sp³-hybridized carbons (Fsp3) is 0.391. The summed E-state index contributed by atoms with van der Waals surface area (Å²) in [5.41, 5.74) is 3.15. The van der Waals surface area contributed by atoms with Crippen LogP contribution in [0.3, 0.4) is 0 Å². The molecule has 0 spiro atoms. The fourth-order valence-electron chi connectivity index (χ4n) is 2.93. The molecule has 0 aliphatic carbocycles. The van der Waals surface area contributed by atoms with Gasteiger partial charge in [0.15, 0.2) is 0 Å². The Morgan fingerprint density at radius 1 is 1.17 bits per heavy atom. The minimum atomic E-state index is -0.532. The molecule has 0 heterocycles. The van der Waals surface area contributed by atoms with Crippen LogP contribution in [-0.4, -0.2) is 35.1 Å². The van der Waals surface area contributed by atoms with Crippen LogP contribution in [0.25, 0.3) is 0 Å². The van der Waals surface area contributed by atoms with Crippen molar-refractivity contribution >= 4 is 35.2 Å². The molecule has 0 aromatic heterocycles. The zero-order valence-corrected chi connectivity index (χ0v) is 18.9. The zero-order valence-electron chi connectivity index (χ0n) is 17.3. The van der Waals surface area contributed by atoms with Crippen molar-refractivity contribution in [1.29, 1.82) is 0 Å². The first-order valence-electron chi connectivity index (χ1n) is 9.86. The highest BCUT2D eigenvalue weighted by molar-refractivity contribution is 7.99. The molecule has 0 bridgehead atoms. The van der Waals surface area contributed by atoms with Crippen molar-refractivity contribution in [1.82, 2.24) is 10.2 Å². The number of nitrogens with one attached hydrogen (secondary N) is 1. The van der Waals surface area contributed by atoms with E-state index in [1.54, 1.807) is 11.8 Å². The molecule has 0 saturated heterocycles. The van der Waals surface area contributed by atoms with Gasteiger partial charge in [-0.05, 0) is 37.5 Å². The van der Waals surface area contributed by atoms with Crippen LogP contribution >= 0.6 is 23.4 Å².